The molecule has 2 aromatic carbocycles. The highest BCUT2D eigenvalue weighted by Gasteiger charge is 2.40. The highest BCUT2D eigenvalue weighted by atomic mass is 15.1. The van der Waals surface area contributed by atoms with Crippen molar-refractivity contribution in [2.24, 2.45) is 0 Å². The topological polar surface area (TPSA) is 8.29 Å². The highest BCUT2D eigenvalue weighted by molar-refractivity contribution is 6.13. The monoisotopic (exact) mass is 285 g/mol. The molecule has 106 valence electrons. The van der Waals surface area contributed by atoms with Crippen LogP contribution in [0, 0.1) is 0 Å². The number of benzene rings is 2. The molecule has 4 heterocycles. The van der Waals surface area contributed by atoms with E-state index in [1.165, 1.54) is 44.1 Å². The molecule has 0 saturated carbocycles. The smallest absolute Gasteiger partial charge is 0.225 e. The maximum atomic E-state index is 2.55. The number of imidazole rings is 1. The van der Waals surface area contributed by atoms with Crippen molar-refractivity contribution in [1.29, 1.82) is 0 Å². The number of hydrogen-bond acceptors (Lipinski definition) is 0. The molecule has 0 bridgehead atoms. The Bertz CT molecular complexity index is 1150. The van der Waals surface area contributed by atoms with Gasteiger partial charge in [0, 0.05) is 27.3 Å². The van der Waals surface area contributed by atoms with Crippen LogP contribution in [0.2, 0.25) is 0 Å². The molecule has 0 unspecified atom stereocenters. The zero-order chi connectivity index (χ0) is 14.6. The van der Waals surface area contributed by atoms with E-state index in [0.29, 0.717) is 0 Å². The van der Waals surface area contributed by atoms with E-state index in [0.717, 1.165) is 13.0 Å². The molecule has 2 heteroatoms. The lowest BCUT2D eigenvalue weighted by Gasteiger charge is -2.26. The van der Waals surface area contributed by atoms with Gasteiger partial charge in [-0.3, -0.25) is 0 Å². The minimum atomic E-state index is 0.190. The second-order valence-electron chi connectivity index (χ2n) is 7.51. The largest absolute Gasteiger partial charge is 0.295 e. The van der Waals surface area contributed by atoms with Crippen LogP contribution in [-0.2, 0) is 18.4 Å². The van der Waals surface area contributed by atoms with Crippen molar-refractivity contribution in [3.63, 3.8) is 0 Å². The average molecular weight is 285 g/mol. The fourth-order valence-corrected chi connectivity index (χ4v) is 4.77. The quantitative estimate of drug-likeness (QED) is 0.303. The van der Waals surface area contributed by atoms with E-state index < -0.39 is 0 Å². The second-order valence-corrected chi connectivity index (χ2v) is 7.51. The van der Waals surface area contributed by atoms with Gasteiger partial charge >= 0.3 is 0 Å². The van der Waals surface area contributed by atoms with E-state index in [-0.39, 0.29) is 5.41 Å². The first-order valence-electron chi connectivity index (χ1n) is 8.06. The van der Waals surface area contributed by atoms with E-state index in [2.05, 4.69) is 65.4 Å². The molecule has 0 fully saturated rings. The maximum Gasteiger partial charge on any atom is 0.295 e. The SMILES string of the molecule is CC1(C)Cc2cccc3c4cccc5c4c4n(c1c[n+]4C5)c23. The Morgan fingerprint density at radius 1 is 1.00 bits per heavy atom. The molecular weight excluding hydrogens is 268 g/mol. The third kappa shape index (κ3) is 1.04. The van der Waals surface area contributed by atoms with Gasteiger partial charge in [0.2, 0.25) is 0 Å². The number of nitrogens with zero attached hydrogens (tertiary/aromatic N) is 2. The van der Waals surface area contributed by atoms with Crippen molar-refractivity contribution in [1.82, 2.24) is 4.40 Å². The summed E-state index contributed by atoms with van der Waals surface area (Å²) in [5.74, 6) is 0. The Balaban J connectivity index is 2.08. The zero-order valence-corrected chi connectivity index (χ0v) is 12.9. The van der Waals surface area contributed by atoms with Gasteiger partial charge in [-0.2, -0.15) is 4.40 Å². The van der Waals surface area contributed by atoms with Crippen molar-refractivity contribution < 1.29 is 4.57 Å². The first-order valence-corrected chi connectivity index (χ1v) is 8.06. The van der Waals surface area contributed by atoms with Gasteiger partial charge in [0.1, 0.15) is 18.3 Å². The first kappa shape index (κ1) is 11.2. The van der Waals surface area contributed by atoms with Crippen molar-refractivity contribution in [2.45, 2.75) is 32.2 Å². The molecule has 4 aromatic rings. The number of fused-ring (bicyclic) bond motifs is 1. The predicted molar refractivity (Wildman–Crippen MR) is 88.4 cm³/mol. The number of pyridine rings is 1. The second kappa shape index (κ2) is 3.19. The lowest BCUT2D eigenvalue weighted by molar-refractivity contribution is -0.657. The third-order valence-corrected chi connectivity index (χ3v) is 5.68. The summed E-state index contributed by atoms with van der Waals surface area (Å²) >= 11 is 0. The lowest BCUT2D eigenvalue weighted by Crippen LogP contribution is -2.30. The summed E-state index contributed by atoms with van der Waals surface area (Å²) in [5, 5.41) is 4.27. The Hall–Kier alpha value is -2.35. The molecule has 0 saturated heterocycles. The molecule has 2 nitrogen and oxygen atoms in total. The van der Waals surface area contributed by atoms with Crippen LogP contribution in [0.15, 0.2) is 42.6 Å². The standard InChI is InChI=1S/C20H17N2/c1-20(2)9-12-5-3-8-15-14-7-4-6-13-10-21-11-16(20)22(18(12)15)19(21)17(13)14/h3-8,11H,9-10H2,1-2H3/q+1. The number of rotatable bonds is 0. The van der Waals surface area contributed by atoms with E-state index in [9.17, 15) is 0 Å². The zero-order valence-electron chi connectivity index (χ0n) is 12.9. The average Bonchev–Trinajstić information content (AvgIpc) is 3.03. The molecule has 2 aliphatic heterocycles. The van der Waals surface area contributed by atoms with Crippen LogP contribution in [0.5, 0.6) is 0 Å². The molecule has 0 atom stereocenters. The number of aromatic nitrogens is 2. The van der Waals surface area contributed by atoms with Gasteiger partial charge in [-0.1, -0.05) is 50.2 Å². The molecule has 22 heavy (non-hydrogen) atoms. The molecule has 0 N–H and O–H groups in total. The lowest BCUT2D eigenvalue weighted by atomic mass is 9.79. The van der Waals surface area contributed by atoms with Crippen LogP contribution in [0.3, 0.4) is 0 Å². The molecule has 0 amide bonds. The summed E-state index contributed by atoms with van der Waals surface area (Å²) in [6.07, 6.45) is 3.51. The molecule has 0 aliphatic carbocycles. The Morgan fingerprint density at radius 2 is 1.77 bits per heavy atom. The minimum Gasteiger partial charge on any atom is -0.225 e. The summed E-state index contributed by atoms with van der Waals surface area (Å²) in [6, 6.07) is 13.6. The Kier molecular flexibility index (Phi) is 1.63. The molecular formula is C20H17N2+. The van der Waals surface area contributed by atoms with E-state index in [1.54, 1.807) is 0 Å². The minimum absolute atomic E-state index is 0.190. The van der Waals surface area contributed by atoms with Gasteiger partial charge in [-0.25, -0.2) is 4.57 Å². The van der Waals surface area contributed by atoms with Gasteiger partial charge in [0.15, 0.2) is 5.69 Å². The van der Waals surface area contributed by atoms with Crippen LogP contribution in [0.25, 0.3) is 27.3 Å². The molecule has 2 aliphatic rings. The van der Waals surface area contributed by atoms with Crippen molar-refractivity contribution >= 4 is 27.3 Å². The van der Waals surface area contributed by atoms with E-state index in [1.807, 2.05) is 0 Å². The first-order chi connectivity index (χ1) is 10.6. The van der Waals surface area contributed by atoms with E-state index >= 15 is 0 Å². The van der Waals surface area contributed by atoms with Crippen LogP contribution in [0.1, 0.15) is 30.7 Å². The van der Waals surface area contributed by atoms with Crippen LogP contribution >= 0.6 is 0 Å². The van der Waals surface area contributed by atoms with Crippen molar-refractivity contribution in [3.05, 3.63) is 59.4 Å². The van der Waals surface area contributed by atoms with Gasteiger partial charge in [-0.15, -0.1) is 0 Å². The van der Waals surface area contributed by atoms with Crippen LogP contribution < -0.4 is 4.57 Å². The summed E-state index contributed by atoms with van der Waals surface area (Å²) in [5.41, 5.74) is 7.42. The molecule has 2 aromatic heterocycles. The Morgan fingerprint density at radius 3 is 2.64 bits per heavy atom. The van der Waals surface area contributed by atoms with Crippen molar-refractivity contribution in [3.8, 4) is 0 Å². The summed E-state index contributed by atoms with van der Waals surface area (Å²) in [4.78, 5) is 0. The van der Waals surface area contributed by atoms with Gasteiger partial charge in [0.05, 0.1) is 5.39 Å². The summed E-state index contributed by atoms with van der Waals surface area (Å²) < 4.78 is 5.00. The van der Waals surface area contributed by atoms with Crippen molar-refractivity contribution in [2.75, 3.05) is 0 Å². The number of hydrogen-bond donors (Lipinski definition) is 0. The summed E-state index contributed by atoms with van der Waals surface area (Å²) in [7, 11) is 0. The summed E-state index contributed by atoms with van der Waals surface area (Å²) in [6.45, 7) is 5.76. The maximum absolute atomic E-state index is 2.55. The third-order valence-electron chi connectivity index (χ3n) is 5.68. The fraction of sp³-hybridized carbons (Fsp3) is 0.250. The molecule has 0 radical (unpaired) electrons. The predicted octanol–water partition coefficient (Wildman–Crippen LogP) is 3.73. The van der Waals surface area contributed by atoms with Crippen LogP contribution in [-0.4, -0.2) is 4.40 Å². The molecule has 0 spiro atoms. The fourth-order valence-electron chi connectivity index (χ4n) is 4.77. The van der Waals surface area contributed by atoms with Gasteiger partial charge in [0.25, 0.3) is 5.65 Å². The molecule has 6 rings (SSSR count). The Labute approximate surface area is 128 Å². The normalized spacial score (nSPS) is 17.5. The van der Waals surface area contributed by atoms with E-state index in [4.69, 9.17) is 0 Å². The van der Waals surface area contributed by atoms with Crippen LogP contribution in [0.4, 0.5) is 0 Å². The number of para-hydroxylation sites is 1. The van der Waals surface area contributed by atoms with Gasteiger partial charge < -0.3 is 0 Å². The highest BCUT2D eigenvalue weighted by Crippen LogP contribution is 2.42. The van der Waals surface area contributed by atoms with Gasteiger partial charge in [-0.05, 0) is 6.42 Å².